The van der Waals surface area contributed by atoms with E-state index in [0.717, 1.165) is 37.3 Å². The molecule has 33 heavy (non-hydrogen) atoms. The van der Waals surface area contributed by atoms with Crippen molar-refractivity contribution in [2.24, 2.45) is 5.92 Å². The van der Waals surface area contributed by atoms with Crippen LogP contribution in [0, 0.1) is 5.92 Å². The van der Waals surface area contributed by atoms with Crippen LogP contribution in [0.3, 0.4) is 0 Å². The van der Waals surface area contributed by atoms with E-state index < -0.39 is 17.7 Å². The fourth-order valence-corrected chi connectivity index (χ4v) is 5.49. The zero-order valence-corrected chi connectivity index (χ0v) is 18.7. The van der Waals surface area contributed by atoms with E-state index in [2.05, 4.69) is 43.3 Å². The second-order valence-corrected chi connectivity index (χ2v) is 9.39. The molecule has 2 nitrogen and oxygen atoms in total. The smallest absolute Gasteiger partial charge is 0.416 e. The summed E-state index contributed by atoms with van der Waals surface area (Å²) in [6, 6.07) is 19.2. The zero-order valence-electron chi connectivity index (χ0n) is 18.7. The van der Waals surface area contributed by atoms with Crippen molar-refractivity contribution in [2.45, 2.75) is 63.5 Å². The van der Waals surface area contributed by atoms with Crippen molar-refractivity contribution in [1.82, 2.24) is 0 Å². The van der Waals surface area contributed by atoms with Crippen LogP contribution in [0.1, 0.15) is 73.1 Å². The quantitative estimate of drug-likeness (QED) is 0.393. The van der Waals surface area contributed by atoms with Gasteiger partial charge in [0.05, 0.1) is 5.56 Å². The molecule has 0 saturated heterocycles. The third-order valence-corrected chi connectivity index (χ3v) is 7.10. The number of rotatable bonds is 7. The summed E-state index contributed by atoms with van der Waals surface area (Å²) in [6.45, 7) is 2.26. The van der Waals surface area contributed by atoms with E-state index >= 15 is 0 Å². The molecule has 1 aliphatic rings. The number of hydrogen-bond donors (Lipinski definition) is 1. The van der Waals surface area contributed by atoms with Crippen LogP contribution < -0.4 is 0 Å². The third-order valence-electron chi connectivity index (χ3n) is 7.10. The van der Waals surface area contributed by atoms with Crippen LogP contribution in [0.4, 0.5) is 13.2 Å². The number of carbonyl (C=O) groups is 1. The summed E-state index contributed by atoms with van der Waals surface area (Å²) in [5.41, 5.74) is 1.63. The first-order valence-electron chi connectivity index (χ1n) is 11.6. The summed E-state index contributed by atoms with van der Waals surface area (Å²) in [5.74, 6) is 0.0600. The average Bonchev–Trinajstić information content (AvgIpc) is 3.24. The molecule has 0 amide bonds. The second-order valence-electron chi connectivity index (χ2n) is 9.39. The minimum Gasteiger partial charge on any atom is -0.481 e. The monoisotopic (exact) mass is 454 g/mol. The molecule has 1 aliphatic carbocycles. The average molecular weight is 455 g/mol. The van der Waals surface area contributed by atoms with Gasteiger partial charge < -0.3 is 5.11 Å². The fourth-order valence-electron chi connectivity index (χ4n) is 5.49. The Kier molecular flexibility index (Phi) is 6.78. The van der Waals surface area contributed by atoms with E-state index in [-0.39, 0.29) is 24.3 Å². The molecule has 0 spiro atoms. The van der Waals surface area contributed by atoms with Crippen molar-refractivity contribution in [2.75, 3.05) is 0 Å². The van der Waals surface area contributed by atoms with E-state index in [1.54, 1.807) is 12.1 Å². The van der Waals surface area contributed by atoms with Crippen LogP contribution in [0.5, 0.6) is 0 Å². The molecule has 174 valence electrons. The van der Waals surface area contributed by atoms with Crippen LogP contribution in [-0.2, 0) is 17.4 Å². The standard InChI is InChI=1S/C28H29F3O2/c1-18(24-8-4-6-20-5-2-3-7-25(20)24)15-19-9-10-21(16-19)22-11-13-26(28(29,30)31)23(17-22)12-14-27(32)33/h2-8,11,13,17-19,21H,9-10,12,14-16H2,1H3,(H,32,33)/t18-,19?,21+/m0/s1. The van der Waals surface area contributed by atoms with Gasteiger partial charge in [0.25, 0.3) is 0 Å². The molecule has 3 atom stereocenters. The number of benzene rings is 3. The topological polar surface area (TPSA) is 37.3 Å². The Bertz CT molecular complexity index is 1130. The molecule has 3 aromatic rings. The first-order valence-corrected chi connectivity index (χ1v) is 11.6. The molecule has 1 fully saturated rings. The predicted octanol–water partition coefficient (Wildman–Crippen LogP) is 7.95. The summed E-state index contributed by atoms with van der Waals surface area (Å²) >= 11 is 0. The summed E-state index contributed by atoms with van der Waals surface area (Å²) in [5, 5.41) is 11.5. The number of hydrogen-bond acceptors (Lipinski definition) is 1. The van der Waals surface area contributed by atoms with Crippen molar-refractivity contribution in [3.8, 4) is 0 Å². The lowest BCUT2D eigenvalue weighted by Gasteiger charge is -2.20. The summed E-state index contributed by atoms with van der Waals surface area (Å²) < 4.78 is 40.2. The second kappa shape index (κ2) is 9.58. The zero-order chi connectivity index (χ0) is 23.6. The van der Waals surface area contributed by atoms with Crippen LogP contribution in [0.2, 0.25) is 0 Å². The normalized spacial score (nSPS) is 19.6. The molecule has 0 heterocycles. The SMILES string of the molecule is C[C@@H](CC1CC[C@@H](c2ccc(C(F)(F)F)c(CCC(=O)O)c2)C1)c1cccc2ccccc12. The molecule has 0 aromatic heterocycles. The first kappa shape index (κ1) is 23.3. The van der Waals surface area contributed by atoms with Crippen molar-refractivity contribution in [1.29, 1.82) is 0 Å². The molecular formula is C28H29F3O2. The molecule has 0 radical (unpaired) electrons. The lowest BCUT2D eigenvalue weighted by Crippen LogP contribution is -2.11. The Balaban J connectivity index is 1.48. The Morgan fingerprint density at radius 3 is 2.58 bits per heavy atom. The van der Waals surface area contributed by atoms with Gasteiger partial charge in [-0.2, -0.15) is 13.2 Å². The number of aliphatic carboxylic acids is 1. The van der Waals surface area contributed by atoms with Gasteiger partial charge >= 0.3 is 12.1 Å². The highest BCUT2D eigenvalue weighted by molar-refractivity contribution is 5.86. The first-order chi connectivity index (χ1) is 15.7. The maximum absolute atomic E-state index is 13.4. The van der Waals surface area contributed by atoms with Gasteiger partial charge in [0.1, 0.15) is 0 Å². The van der Waals surface area contributed by atoms with Gasteiger partial charge in [0.15, 0.2) is 0 Å². The van der Waals surface area contributed by atoms with Gasteiger partial charge in [-0.3, -0.25) is 4.79 Å². The summed E-state index contributed by atoms with van der Waals surface area (Å²) in [4.78, 5) is 10.9. The number of carboxylic acid groups (broad SMARTS) is 1. The van der Waals surface area contributed by atoms with Crippen LogP contribution in [0.25, 0.3) is 10.8 Å². The molecular weight excluding hydrogens is 425 g/mol. The highest BCUT2D eigenvalue weighted by Gasteiger charge is 2.34. The predicted molar refractivity (Wildman–Crippen MR) is 124 cm³/mol. The Morgan fingerprint density at radius 1 is 1.06 bits per heavy atom. The van der Waals surface area contributed by atoms with Gasteiger partial charge in [0, 0.05) is 6.42 Å². The molecule has 0 bridgehead atoms. The van der Waals surface area contributed by atoms with Gasteiger partial charge in [-0.05, 0) is 83.4 Å². The fraction of sp³-hybridized carbons (Fsp3) is 0.393. The Hall–Kier alpha value is -2.82. The van der Waals surface area contributed by atoms with Crippen molar-refractivity contribution >= 4 is 16.7 Å². The van der Waals surface area contributed by atoms with E-state index in [0.29, 0.717) is 11.8 Å². The van der Waals surface area contributed by atoms with Crippen molar-refractivity contribution in [3.63, 3.8) is 0 Å². The van der Waals surface area contributed by atoms with Gasteiger partial charge in [0.2, 0.25) is 0 Å². The highest BCUT2D eigenvalue weighted by atomic mass is 19.4. The molecule has 0 aliphatic heterocycles. The summed E-state index contributed by atoms with van der Waals surface area (Å²) in [7, 11) is 0. The van der Waals surface area contributed by atoms with Crippen LogP contribution >= 0.6 is 0 Å². The van der Waals surface area contributed by atoms with Crippen LogP contribution in [-0.4, -0.2) is 11.1 Å². The molecule has 5 heteroatoms. The van der Waals surface area contributed by atoms with E-state index in [9.17, 15) is 18.0 Å². The number of fused-ring (bicyclic) bond motifs is 1. The van der Waals surface area contributed by atoms with E-state index in [1.807, 2.05) is 6.07 Å². The number of alkyl halides is 3. The Morgan fingerprint density at radius 2 is 1.82 bits per heavy atom. The highest BCUT2D eigenvalue weighted by Crippen LogP contribution is 2.44. The van der Waals surface area contributed by atoms with Gasteiger partial charge in [-0.15, -0.1) is 0 Å². The van der Waals surface area contributed by atoms with Crippen molar-refractivity contribution < 1.29 is 23.1 Å². The lowest BCUT2D eigenvalue weighted by atomic mass is 9.85. The molecule has 1 saturated carbocycles. The largest absolute Gasteiger partial charge is 0.481 e. The number of aryl methyl sites for hydroxylation is 1. The molecule has 1 unspecified atom stereocenters. The minimum absolute atomic E-state index is 0.0926. The minimum atomic E-state index is -4.47. The molecule has 3 aromatic carbocycles. The van der Waals surface area contributed by atoms with Crippen LogP contribution in [0.15, 0.2) is 60.7 Å². The third kappa shape index (κ3) is 5.40. The maximum Gasteiger partial charge on any atom is 0.416 e. The van der Waals surface area contributed by atoms with Gasteiger partial charge in [-0.25, -0.2) is 0 Å². The maximum atomic E-state index is 13.4. The van der Waals surface area contributed by atoms with Gasteiger partial charge in [-0.1, -0.05) is 61.5 Å². The molecule has 1 N–H and O–H groups in total. The van der Waals surface area contributed by atoms with Crippen molar-refractivity contribution in [3.05, 3.63) is 82.9 Å². The lowest BCUT2D eigenvalue weighted by molar-refractivity contribution is -0.140. The molecule has 4 rings (SSSR count). The Labute approximate surface area is 192 Å². The number of halogens is 3. The van der Waals surface area contributed by atoms with E-state index in [1.165, 1.54) is 16.3 Å². The van der Waals surface area contributed by atoms with E-state index in [4.69, 9.17) is 5.11 Å². The summed E-state index contributed by atoms with van der Waals surface area (Å²) in [6.07, 6.45) is -0.856. The number of carboxylic acids is 1.